The second-order valence-corrected chi connectivity index (χ2v) is 8.84. The van der Waals surface area contributed by atoms with Crippen molar-refractivity contribution in [1.82, 2.24) is 23.9 Å². The molecule has 0 spiro atoms. The standard InChI is InChI=1S/C24H31N5O3/c1-17-6-4-5-7-19(17)15-28-11-8-18(9-12-28)14-25-21(30)16-29-13-10-20-22(29)26(2)24(32)27(3)23(20)31/h4-7,10,13,18H,8-9,11-12,14-16H2,1-3H3,(H,25,30). The topological polar surface area (TPSA) is 81.3 Å². The Balaban J connectivity index is 1.31. The van der Waals surface area contributed by atoms with Crippen LogP contribution in [0.2, 0.25) is 0 Å². The van der Waals surface area contributed by atoms with Crippen molar-refractivity contribution in [3.05, 3.63) is 68.5 Å². The van der Waals surface area contributed by atoms with Crippen molar-refractivity contribution < 1.29 is 4.79 Å². The van der Waals surface area contributed by atoms with Gasteiger partial charge in [0.1, 0.15) is 12.2 Å². The molecule has 0 radical (unpaired) electrons. The molecule has 3 heterocycles. The Morgan fingerprint density at radius 3 is 2.50 bits per heavy atom. The number of likely N-dealkylation sites (tertiary alicyclic amines) is 1. The molecule has 170 valence electrons. The molecule has 1 N–H and O–H groups in total. The van der Waals surface area contributed by atoms with E-state index in [0.717, 1.165) is 37.0 Å². The van der Waals surface area contributed by atoms with E-state index in [-0.39, 0.29) is 18.0 Å². The Morgan fingerprint density at radius 1 is 1.06 bits per heavy atom. The maximum atomic E-state index is 12.6. The SMILES string of the molecule is Cc1ccccc1CN1CCC(CNC(=O)Cn2ccc3c(=O)n(C)c(=O)n(C)c32)CC1. The molecule has 8 nitrogen and oxygen atoms in total. The summed E-state index contributed by atoms with van der Waals surface area (Å²) in [6, 6.07) is 10.2. The van der Waals surface area contributed by atoms with Gasteiger partial charge in [-0.25, -0.2) is 4.79 Å². The van der Waals surface area contributed by atoms with Gasteiger partial charge >= 0.3 is 5.69 Å². The van der Waals surface area contributed by atoms with E-state index in [1.807, 2.05) is 0 Å². The summed E-state index contributed by atoms with van der Waals surface area (Å²) in [6.07, 6.45) is 3.81. The van der Waals surface area contributed by atoms with Gasteiger partial charge in [-0.2, -0.15) is 0 Å². The van der Waals surface area contributed by atoms with Crippen molar-refractivity contribution in [2.24, 2.45) is 20.0 Å². The molecule has 1 fully saturated rings. The third-order valence-electron chi connectivity index (χ3n) is 6.62. The number of hydrogen-bond donors (Lipinski definition) is 1. The molecular formula is C24H31N5O3. The fourth-order valence-corrected chi connectivity index (χ4v) is 4.56. The number of nitrogens with one attached hydrogen (secondary N) is 1. The van der Waals surface area contributed by atoms with Gasteiger partial charge < -0.3 is 9.88 Å². The molecule has 4 rings (SSSR count). The van der Waals surface area contributed by atoms with Crippen LogP contribution in [0.1, 0.15) is 24.0 Å². The predicted octanol–water partition coefficient (Wildman–Crippen LogP) is 1.38. The lowest BCUT2D eigenvalue weighted by Crippen LogP contribution is -2.39. The molecule has 0 aliphatic carbocycles. The minimum atomic E-state index is -0.402. The fourth-order valence-electron chi connectivity index (χ4n) is 4.56. The van der Waals surface area contributed by atoms with Gasteiger partial charge in [0.15, 0.2) is 0 Å². The molecule has 1 aliphatic heterocycles. The number of nitrogens with zero attached hydrogens (tertiary/aromatic N) is 4. The highest BCUT2D eigenvalue weighted by Gasteiger charge is 2.21. The van der Waals surface area contributed by atoms with Gasteiger partial charge in [-0.1, -0.05) is 24.3 Å². The quantitative estimate of drug-likeness (QED) is 0.632. The highest BCUT2D eigenvalue weighted by atomic mass is 16.2. The van der Waals surface area contributed by atoms with Crippen LogP contribution < -0.4 is 16.6 Å². The Labute approximate surface area is 187 Å². The van der Waals surface area contributed by atoms with Crippen LogP contribution >= 0.6 is 0 Å². The first-order valence-electron chi connectivity index (χ1n) is 11.1. The van der Waals surface area contributed by atoms with E-state index in [1.165, 1.54) is 22.7 Å². The van der Waals surface area contributed by atoms with Crippen LogP contribution in [0.5, 0.6) is 0 Å². The lowest BCUT2D eigenvalue weighted by atomic mass is 9.96. The summed E-state index contributed by atoms with van der Waals surface area (Å²) in [4.78, 5) is 39.6. The summed E-state index contributed by atoms with van der Waals surface area (Å²) in [5.74, 6) is 0.350. The Morgan fingerprint density at radius 2 is 1.78 bits per heavy atom. The second kappa shape index (κ2) is 9.16. The number of carbonyl (C=O) groups excluding carboxylic acids is 1. The lowest BCUT2D eigenvalue weighted by molar-refractivity contribution is -0.121. The number of amides is 1. The maximum absolute atomic E-state index is 12.6. The highest BCUT2D eigenvalue weighted by molar-refractivity contribution is 5.80. The maximum Gasteiger partial charge on any atom is 0.332 e. The average molecular weight is 438 g/mol. The predicted molar refractivity (Wildman–Crippen MR) is 125 cm³/mol. The first-order valence-corrected chi connectivity index (χ1v) is 11.1. The molecule has 0 bridgehead atoms. The van der Waals surface area contributed by atoms with Crippen molar-refractivity contribution in [1.29, 1.82) is 0 Å². The minimum Gasteiger partial charge on any atom is -0.354 e. The van der Waals surface area contributed by atoms with E-state index in [9.17, 15) is 14.4 Å². The summed E-state index contributed by atoms with van der Waals surface area (Å²) in [6.45, 7) is 5.92. The first-order chi connectivity index (χ1) is 15.3. The third kappa shape index (κ3) is 4.41. The molecule has 0 atom stereocenters. The van der Waals surface area contributed by atoms with E-state index in [4.69, 9.17) is 0 Å². The minimum absolute atomic E-state index is 0.0794. The largest absolute Gasteiger partial charge is 0.354 e. The number of fused-ring (bicyclic) bond motifs is 1. The number of hydrogen-bond acceptors (Lipinski definition) is 4. The summed E-state index contributed by atoms with van der Waals surface area (Å²) in [5, 5.41) is 3.47. The van der Waals surface area contributed by atoms with Crippen LogP contribution in [-0.2, 0) is 32.0 Å². The molecule has 1 amide bonds. The first kappa shape index (κ1) is 22.1. The Kier molecular flexibility index (Phi) is 6.32. The monoisotopic (exact) mass is 437 g/mol. The Bertz CT molecular complexity index is 1240. The molecule has 0 unspecified atom stereocenters. The molecule has 1 aromatic carbocycles. The molecule has 32 heavy (non-hydrogen) atoms. The van der Waals surface area contributed by atoms with Crippen LogP contribution in [0.4, 0.5) is 0 Å². The van der Waals surface area contributed by atoms with Crippen molar-refractivity contribution in [2.75, 3.05) is 19.6 Å². The Hall–Kier alpha value is -3.13. The summed E-state index contributed by atoms with van der Waals surface area (Å²) < 4.78 is 4.16. The number of carbonyl (C=O) groups is 1. The van der Waals surface area contributed by atoms with E-state index < -0.39 is 5.69 Å². The molecule has 1 saturated heterocycles. The number of aryl methyl sites for hydroxylation is 2. The smallest absolute Gasteiger partial charge is 0.332 e. The van der Waals surface area contributed by atoms with Crippen LogP contribution in [0.15, 0.2) is 46.1 Å². The van der Waals surface area contributed by atoms with Crippen molar-refractivity contribution in [2.45, 2.75) is 32.9 Å². The average Bonchev–Trinajstić information content (AvgIpc) is 3.21. The van der Waals surface area contributed by atoms with Gasteiger partial charge in [-0.3, -0.25) is 23.6 Å². The molecule has 8 heteroatoms. The zero-order valence-electron chi connectivity index (χ0n) is 19.0. The number of aromatic nitrogens is 3. The van der Waals surface area contributed by atoms with Gasteiger partial charge in [-0.15, -0.1) is 0 Å². The van der Waals surface area contributed by atoms with Gasteiger partial charge in [0, 0.05) is 33.4 Å². The van der Waals surface area contributed by atoms with Gasteiger partial charge in [0.05, 0.1) is 5.39 Å². The van der Waals surface area contributed by atoms with Gasteiger partial charge in [0.2, 0.25) is 5.91 Å². The summed E-state index contributed by atoms with van der Waals surface area (Å²) >= 11 is 0. The molecular weight excluding hydrogens is 406 g/mol. The van der Waals surface area contributed by atoms with Crippen LogP contribution in [0.3, 0.4) is 0 Å². The van der Waals surface area contributed by atoms with Crippen LogP contribution in [-0.4, -0.2) is 44.1 Å². The van der Waals surface area contributed by atoms with E-state index >= 15 is 0 Å². The van der Waals surface area contributed by atoms with Crippen molar-refractivity contribution in [3.63, 3.8) is 0 Å². The van der Waals surface area contributed by atoms with E-state index in [1.54, 1.807) is 23.9 Å². The normalized spacial score (nSPS) is 15.3. The summed E-state index contributed by atoms with van der Waals surface area (Å²) in [7, 11) is 3.07. The summed E-state index contributed by atoms with van der Waals surface area (Å²) in [5.41, 5.74) is 2.43. The number of benzene rings is 1. The molecule has 1 aliphatic rings. The van der Waals surface area contributed by atoms with Crippen molar-refractivity contribution >= 4 is 16.9 Å². The fraction of sp³-hybridized carbons (Fsp3) is 0.458. The molecule has 3 aromatic rings. The van der Waals surface area contributed by atoms with Crippen molar-refractivity contribution in [3.8, 4) is 0 Å². The number of piperidine rings is 1. The van der Waals surface area contributed by atoms with Gasteiger partial charge in [0.25, 0.3) is 5.56 Å². The molecule has 2 aromatic heterocycles. The van der Waals surface area contributed by atoms with E-state index in [2.05, 4.69) is 41.4 Å². The van der Waals surface area contributed by atoms with Crippen LogP contribution in [0, 0.1) is 12.8 Å². The number of rotatable bonds is 6. The van der Waals surface area contributed by atoms with Crippen LogP contribution in [0.25, 0.3) is 11.0 Å². The molecule has 0 saturated carbocycles. The lowest BCUT2D eigenvalue weighted by Gasteiger charge is -2.32. The zero-order valence-corrected chi connectivity index (χ0v) is 19.0. The van der Waals surface area contributed by atoms with E-state index in [0.29, 0.717) is 23.5 Å². The third-order valence-corrected chi connectivity index (χ3v) is 6.62. The zero-order chi connectivity index (χ0) is 22.8. The highest BCUT2D eigenvalue weighted by Crippen LogP contribution is 2.19. The van der Waals surface area contributed by atoms with Gasteiger partial charge in [-0.05, 0) is 56.0 Å². The second-order valence-electron chi connectivity index (χ2n) is 8.84.